The van der Waals surface area contributed by atoms with E-state index < -0.39 is 6.04 Å². The second-order valence-corrected chi connectivity index (χ2v) is 8.31. The van der Waals surface area contributed by atoms with E-state index in [1.54, 1.807) is 4.90 Å². The average molecular weight is 410 g/mol. The van der Waals surface area contributed by atoms with Gasteiger partial charge in [0, 0.05) is 19.0 Å². The molecule has 1 atom stereocenters. The van der Waals surface area contributed by atoms with E-state index in [1.165, 1.54) is 12.8 Å². The normalized spacial score (nSPS) is 20.9. The van der Waals surface area contributed by atoms with E-state index >= 15 is 0 Å². The fourth-order valence-corrected chi connectivity index (χ4v) is 4.69. The Bertz CT molecular complexity index is 980. The summed E-state index contributed by atoms with van der Waals surface area (Å²) in [6, 6.07) is 7.39. The van der Waals surface area contributed by atoms with Crippen molar-refractivity contribution in [1.82, 2.24) is 14.7 Å². The van der Waals surface area contributed by atoms with E-state index in [-0.39, 0.29) is 18.6 Å². The molecule has 158 valence electrons. The molecule has 0 bridgehead atoms. The first-order valence-electron chi connectivity index (χ1n) is 10.6. The quantitative estimate of drug-likeness (QED) is 0.818. The van der Waals surface area contributed by atoms with Crippen molar-refractivity contribution in [1.29, 1.82) is 0 Å². The Labute approximate surface area is 175 Å². The van der Waals surface area contributed by atoms with Crippen molar-refractivity contribution >= 4 is 17.6 Å². The molecule has 3 heterocycles. The van der Waals surface area contributed by atoms with E-state index in [1.807, 2.05) is 35.9 Å². The molecule has 1 saturated heterocycles. The first-order valence-corrected chi connectivity index (χ1v) is 10.6. The largest absolute Gasteiger partial charge is 0.454 e. The minimum atomic E-state index is -0.491. The van der Waals surface area contributed by atoms with Gasteiger partial charge in [0.2, 0.25) is 18.6 Å². The molecule has 30 heavy (non-hydrogen) atoms. The topological polar surface area (TPSA) is 85.7 Å². The lowest BCUT2D eigenvalue weighted by molar-refractivity contribution is -0.133. The van der Waals surface area contributed by atoms with E-state index in [0.29, 0.717) is 36.9 Å². The molecule has 5 rings (SSSR count). The number of rotatable bonds is 5. The predicted octanol–water partition coefficient (Wildman–Crippen LogP) is 3.17. The van der Waals surface area contributed by atoms with Gasteiger partial charge in [-0.3, -0.25) is 9.59 Å². The third kappa shape index (κ3) is 3.51. The van der Waals surface area contributed by atoms with Gasteiger partial charge >= 0.3 is 0 Å². The van der Waals surface area contributed by atoms with Crippen molar-refractivity contribution in [2.75, 3.05) is 12.1 Å². The fraction of sp³-hybridized carbons (Fsp3) is 0.500. The van der Waals surface area contributed by atoms with Crippen LogP contribution in [0.1, 0.15) is 55.8 Å². The maximum absolute atomic E-state index is 13.1. The van der Waals surface area contributed by atoms with Crippen molar-refractivity contribution in [3.63, 3.8) is 0 Å². The van der Waals surface area contributed by atoms with Crippen LogP contribution in [0.25, 0.3) is 0 Å². The van der Waals surface area contributed by atoms with E-state index in [4.69, 9.17) is 9.47 Å². The molecule has 2 fully saturated rings. The zero-order valence-electron chi connectivity index (χ0n) is 17.1. The van der Waals surface area contributed by atoms with Gasteiger partial charge in [0.15, 0.2) is 11.5 Å². The summed E-state index contributed by atoms with van der Waals surface area (Å²) >= 11 is 0. The van der Waals surface area contributed by atoms with Gasteiger partial charge in [0.25, 0.3) is 0 Å². The first-order chi connectivity index (χ1) is 14.6. The third-order valence-electron chi connectivity index (χ3n) is 6.20. The van der Waals surface area contributed by atoms with E-state index in [2.05, 4.69) is 10.4 Å². The number of benzene rings is 1. The number of amides is 2. The van der Waals surface area contributed by atoms with Crippen molar-refractivity contribution < 1.29 is 19.1 Å². The molecular weight excluding hydrogens is 384 g/mol. The Morgan fingerprint density at radius 3 is 2.80 bits per heavy atom. The summed E-state index contributed by atoms with van der Waals surface area (Å²) in [5.41, 5.74) is 1.80. The SMILES string of the molecule is Cc1cc(NC(=O)C2CCC(=O)N2Cc2ccc3c(c2)OCO3)n(C2CCCC2)n1. The minimum absolute atomic E-state index is 0.00621. The summed E-state index contributed by atoms with van der Waals surface area (Å²) in [6.07, 6.45) is 5.45. The van der Waals surface area contributed by atoms with Crippen molar-refractivity contribution in [2.24, 2.45) is 0 Å². The number of carbonyl (C=O) groups is 2. The fourth-order valence-electron chi connectivity index (χ4n) is 4.69. The minimum Gasteiger partial charge on any atom is -0.454 e. The molecule has 8 nitrogen and oxygen atoms in total. The molecule has 3 aliphatic rings. The van der Waals surface area contributed by atoms with Gasteiger partial charge in [0.1, 0.15) is 11.9 Å². The van der Waals surface area contributed by atoms with Crippen molar-refractivity contribution in [3.05, 3.63) is 35.5 Å². The van der Waals surface area contributed by atoms with Gasteiger partial charge in [-0.2, -0.15) is 5.10 Å². The van der Waals surface area contributed by atoms with Crippen LogP contribution in [0.5, 0.6) is 11.5 Å². The predicted molar refractivity (Wildman–Crippen MR) is 109 cm³/mol. The molecule has 0 radical (unpaired) electrons. The number of likely N-dealkylation sites (tertiary alicyclic amines) is 1. The van der Waals surface area contributed by atoms with Crippen LogP contribution in [0, 0.1) is 6.92 Å². The summed E-state index contributed by atoms with van der Waals surface area (Å²) in [4.78, 5) is 27.3. The Balaban J connectivity index is 1.32. The number of anilines is 1. The second kappa shape index (κ2) is 7.66. The Morgan fingerprint density at radius 1 is 1.17 bits per heavy atom. The Kier molecular flexibility index (Phi) is 4.84. The lowest BCUT2D eigenvalue weighted by Gasteiger charge is -2.25. The number of fused-ring (bicyclic) bond motifs is 1. The molecule has 2 amide bonds. The molecule has 1 N–H and O–H groups in total. The van der Waals surface area contributed by atoms with Crippen LogP contribution in [-0.4, -0.2) is 39.3 Å². The van der Waals surface area contributed by atoms with Crippen LogP contribution in [-0.2, 0) is 16.1 Å². The van der Waals surface area contributed by atoms with Crippen molar-refractivity contribution in [2.45, 2.75) is 64.1 Å². The monoisotopic (exact) mass is 410 g/mol. The summed E-state index contributed by atoms with van der Waals surface area (Å²) in [5, 5.41) is 7.65. The number of hydrogen-bond acceptors (Lipinski definition) is 5. The van der Waals surface area contributed by atoms with Crippen LogP contribution in [0.3, 0.4) is 0 Å². The molecule has 2 aliphatic heterocycles. The number of carbonyl (C=O) groups excluding carboxylic acids is 2. The first kappa shape index (κ1) is 19.0. The molecule has 1 saturated carbocycles. The van der Waals surface area contributed by atoms with Gasteiger partial charge < -0.3 is 19.7 Å². The summed E-state index contributed by atoms with van der Waals surface area (Å²) in [5.74, 6) is 1.95. The second-order valence-electron chi connectivity index (χ2n) is 8.31. The number of hydrogen-bond donors (Lipinski definition) is 1. The third-order valence-corrected chi connectivity index (χ3v) is 6.20. The molecule has 8 heteroatoms. The van der Waals surface area contributed by atoms with Gasteiger partial charge in [0.05, 0.1) is 11.7 Å². The lowest BCUT2D eigenvalue weighted by Crippen LogP contribution is -2.41. The molecule has 2 aromatic rings. The zero-order chi connectivity index (χ0) is 20.7. The highest BCUT2D eigenvalue weighted by Crippen LogP contribution is 2.34. The number of ether oxygens (including phenoxy) is 2. The van der Waals surface area contributed by atoms with E-state index in [0.717, 1.165) is 29.9 Å². The maximum Gasteiger partial charge on any atom is 0.248 e. The van der Waals surface area contributed by atoms with Gasteiger partial charge in [-0.1, -0.05) is 18.9 Å². The van der Waals surface area contributed by atoms with Crippen LogP contribution in [0.2, 0.25) is 0 Å². The van der Waals surface area contributed by atoms with Gasteiger partial charge in [-0.15, -0.1) is 0 Å². The number of aryl methyl sites for hydroxylation is 1. The highest BCUT2D eigenvalue weighted by Gasteiger charge is 2.37. The Hall–Kier alpha value is -3.03. The van der Waals surface area contributed by atoms with Crippen LogP contribution < -0.4 is 14.8 Å². The summed E-state index contributed by atoms with van der Waals surface area (Å²) < 4.78 is 12.7. The van der Waals surface area contributed by atoms with Crippen LogP contribution >= 0.6 is 0 Å². The van der Waals surface area contributed by atoms with E-state index in [9.17, 15) is 9.59 Å². The van der Waals surface area contributed by atoms with Gasteiger partial charge in [-0.05, 0) is 43.9 Å². The highest BCUT2D eigenvalue weighted by molar-refractivity contribution is 5.98. The summed E-state index contributed by atoms with van der Waals surface area (Å²) in [7, 11) is 0. The molecule has 1 aromatic carbocycles. The molecule has 1 aromatic heterocycles. The number of nitrogens with zero attached hydrogens (tertiary/aromatic N) is 3. The van der Waals surface area contributed by atoms with Gasteiger partial charge in [-0.25, -0.2) is 4.68 Å². The summed E-state index contributed by atoms with van der Waals surface area (Å²) in [6.45, 7) is 2.52. The molecule has 1 aliphatic carbocycles. The molecular formula is C22H26N4O4. The smallest absolute Gasteiger partial charge is 0.248 e. The number of nitrogens with one attached hydrogen (secondary N) is 1. The van der Waals surface area contributed by atoms with Crippen molar-refractivity contribution in [3.8, 4) is 11.5 Å². The average Bonchev–Trinajstić information content (AvgIpc) is 3.50. The Morgan fingerprint density at radius 2 is 1.97 bits per heavy atom. The maximum atomic E-state index is 13.1. The van der Waals surface area contributed by atoms with Crippen LogP contribution in [0.4, 0.5) is 5.82 Å². The standard InChI is InChI=1S/C22H26N4O4/c1-14-10-20(26(24-14)16-4-2-3-5-16)23-22(28)17-7-9-21(27)25(17)12-15-6-8-18-19(11-15)30-13-29-18/h6,8,10-11,16-17H,2-5,7,9,12-13H2,1H3,(H,23,28). The lowest BCUT2D eigenvalue weighted by atomic mass is 10.1. The van der Waals surface area contributed by atoms with Crippen LogP contribution in [0.15, 0.2) is 24.3 Å². The molecule has 1 unspecified atom stereocenters. The number of aromatic nitrogens is 2. The zero-order valence-corrected chi connectivity index (χ0v) is 17.1. The highest BCUT2D eigenvalue weighted by atomic mass is 16.7. The molecule has 0 spiro atoms.